The molecule has 20 heavy (non-hydrogen) atoms. The van der Waals surface area contributed by atoms with Gasteiger partial charge in [-0.1, -0.05) is 24.0 Å². The number of amides is 1. The normalized spacial score (nSPS) is 17.9. The molecule has 1 unspecified atom stereocenters. The van der Waals surface area contributed by atoms with E-state index in [1.165, 1.54) is 5.75 Å². The molecule has 1 amide bonds. The first-order valence-corrected chi connectivity index (χ1v) is 8.04. The van der Waals surface area contributed by atoms with E-state index in [-0.39, 0.29) is 18.6 Å². The van der Waals surface area contributed by atoms with E-state index in [9.17, 15) is 4.79 Å². The third kappa shape index (κ3) is 4.29. The number of aliphatic hydroxyl groups excluding tert-OH is 1. The van der Waals surface area contributed by atoms with Crippen molar-refractivity contribution in [3.05, 3.63) is 35.4 Å². The molecule has 1 saturated heterocycles. The van der Waals surface area contributed by atoms with E-state index in [0.717, 1.165) is 24.2 Å². The summed E-state index contributed by atoms with van der Waals surface area (Å²) in [5, 5.41) is 11.8. The summed E-state index contributed by atoms with van der Waals surface area (Å²) in [7, 11) is 0. The van der Waals surface area contributed by atoms with Gasteiger partial charge in [-0.2, -0.15) is 11.8 Å². The third-order valence-corrected chi connectivity index (χ3v) is 4.34. The summed E-state index contributed by atoms with van der Waals surface area (Å²) < 4.78 is 0. The van der Waals surface area contributed by atoms with Gasteiger partial charge < -0.3 is 10.4 Å². The Morgan fingerprint density at radius 3 is 3.05 bits per heavy atom. The lowest BCUT2D eigenvalue weighted by atomic mass is 10.1. The molecule has 0 spiro atoms. The average Bonchev–Trinajstić information content (AvgIpc) is 2.49. The largest absolute Gasteiger partial charge is 0.395 e. The topological polar surface area (TPSA) is 49.3 Å². The molecule has 1 aliphatic heterocycles. The summed E-state index contributed by atoms with van der Waals surface area (Å²) in [4.78, 5) is 12.3. The molecule has 0 radical (unpaired) electrons. The minimum absolute atomic E-state index is 0.0423. The van der Waals surface area contributed by atoms with Gasteiger partial charge in [0.05, 0.1) is 12.2 Å². The lowest BCUT2D eigenvalue weighted by Gasteiger charge is -2.22. The van der Waals surface area contributed by atoms with Crippen LogP contribution < -0.4 is 5.32 Å². The minimum Gasteiger partial charge on any atom is -0.395 e. The van der Waals surface area contributed by atoms with Gasteiger partial charge in [-0.15, -0.1) is 0 Å². The molecule has 1 aromatic rings. The van der Waals surface area contributed by atoms with Crippen LogP contribution in [0.3, 0.4) is 0 Å². The summed E-state index contributed by atoms with van der Waals surface area (Å²) >= 11 is 1.89. The first-order valence-electron chi connectivity index (χ1n) is 6.88. The molecule has 1 aliphatic rings. The van der Waals surface area contributed by atoms with Crippen molar-refractivity contribution in [2.24, 2.45) is 0 Å². The highest BCUT2D eigenvalue weighted by Crippen LogP contribution is 2.17. The fourth-order valence-electron chi connectivity index (χ4n) is 2.12. The van der Waals surface area contributed by atoms with Crippen molar-refractivity contribution in [2.45, 2.75) is 25.3 Å². The fourth-order valence-corrected chi connectivity index (χ4v) is 3.19. The van der Waals surface area contributed by atoms with Crippen molar-refractivity contribution < 1.29 is 9.90 Å². The van der Waals surface area contributed by atoms with Gasteiger partial charge >= 0.3 is 0 Å². The molecular weight excluding hydrogens is 270 g/mol. The van der Waals surface area contributed by atoms with E-state index in [2.05, 4.69) is 17.2 Å². The molecule has 0 saturated carbocycles. The van der Waals surface area contributed by atoms with Crippen molar-refractivity contribution in [1.29, 1.82) is 0 Å². The van der Waals surface area contributed by atoms with Crippen molar-refractivity contribution in [1.82, 2.24) is 5.32 Å². The van der Waals surface area contributed by atoms with Crippen LogP contribution in [-0.2, 0) is 0 Å². The van der Waals surface area contributed by atoms with Crippen molar-refractivity contribution in [3.63, 3.8) is 0 Å². The Hall–Kier alpha value is -1.44. The molecule has 0 bridgehead atoms. The first kappa shape index (κ1) is 15.0. The quantitative estimate of drug-likeness (QED) is 0.837. The predicted octanol–water partition coefficient (Wildman–Crippen LogP) is 2.05. The molecule has 1 fully saturated rings. The molecule has 3 nitrogen and oxygen atoms in total. The van der Waals surface area contributed by atoms with Gasteiger partial charge in [0, 0.05) is 23.8 Å². The van der Waals surface area contributed by atoms with Gasteiger partial charge in [-0.05, 0) is 30.7 Å². The van der Waals surface area contributed by atoms with Gasteiger partial charge in [-0.25, -0.2) is 0 Å². The van der Waals surface area contributed by atoms with E-state index >= 15 is 0 Å². The van der Waals surface area contributed by atoms with Gasteiger partial charge in [0.25, 0.3) is 5.91 Å². The number of hydrogen-bond donors (Lipinski definition) is 2. The Morgan fingerprint density at radius 1 is 1.45 bits per heavy atom. The van der Waals surface area contributed by atoms with Crippen molar-refractivity contribution in [2.75, 3.05) is 18.1 Å². The number of carbonyl (C=O) groups is 1. The predicted molar refractivity (Wildman–Crippen MR) is 82.8 cm³/mol. The van der Waals surface area contributed by atoms with Crippen LogP contribution in [0.15, 0.2) is 24.3 Å². The minimum atomic E-state index is -0.0496. The average molecular weight is 289 g/mol. The number of hydrogen-bond acceptors (Lipinski definition) is 3. The fraction of sp³-hybridized carbons (Fsp3) is 0.438. The molecule has 2 N–H and O–H groups in total. The second kappa shape index (κ2) is 7.98. The van der Waals surface area contributed by atoms with E-state index in [4.69, 9.17) is 5.11 Å². The van der Waals surface area contributed by atoms with Crippen LogP contribution >= 0.6 is 11.8 Å². The second-order valence-electron chi connectivity index (χ2n) is 4.71. The molecule has 0 aliphatic carbocycles. The smallest absolute Gasteiger partial charge is 0.252 e. The summed E-state index contributed by atoms with van der Waals surface area (Å²) in [5.74, 6) is 7.95. The Morgan fingerprint density at radius 2 is 2.30 bits per heavy atom. The number of rotatable bonds is 3. The molecule has 1 atom stereocenters. The Labute approximate surface area is 124 Å². The SMILES string of the molecule is O=C(NC1CCCSC1)c1ccccc1C#CCCO. The van der Waals surface area contributed by atoms with Gasteiger partial charge in [-0.3, -0.25) is 4.79 Å². The first-order chi connectivity index (χ1) is 9.81. The molecule has 1 aromatic carbocycles. The van der Waals surface area contributed by atoms with E-state index in [1.807, 2.05) is 30.0 Å². The molecular formula is C16H19NO2S. The molecule has 1 heterocycles. The Kier molecular flexibility index (Phi) is 5.97. The Bertz CT molecular complexity index is 513. The maximum absolute atomic E-state index is 12.3. The third-order valence-electron chi connectivity index (χ3n) is 3.13. The lowest BCUT2D eigenvalue weighted by molar-refractivity contribution is 0.0938. The van der Waals surface area contributed by atoms with E-state index in [0.29, 0.717) is 12.0 Å². The van der Waals surface area contributed by atoms with Gasteiger partial charge in [0.2, 0.25) is 0 Å². The van der Waals surface area contributed by atoms with Crippen LogP contribution in [0.25, 0.3) is 0 Å². The number of nitrogens with one attached hydrogen (secondary N) is 1. The Balaban J connectivity index is 2.07. The standard InChI is InChI=1S/C16H19NO2S/c18-10-4-3-7-13-6-1-2-9-15(13)16(19)17-14-8-5-11-20-12-14/h1-2,6,9,14,18H,4-5,8,10-12H2,(H,17,19). The number of carbonyl (C=O) groups excluding carboxylic acids is 1. The summed E-state index contributed by atoms with van der Waals surface area (Å²) in [6.07, 6.45) is 2.64. The lowest BCUT2D eigenvalue weighted by Crippen LogP contribution is -2.38. The number of benzene rings is 1. The maximum Gasteiger partial charge on any atom is 0.252 e. The van der Waals surface area contributed by atoms with Crippen LogP contribution in [0.5, 0.6) is 0 Å². The van der Waals surface area contributed by atoms with Crippen molar-refractivity contribution in [3.8, 4) is 11.8 Å². The second-order valence-corrected chi connectivity index (χ2v) is 5.86. The highest BCUT2D eigenvalue weighted by molar-refractivity contribution is 7.99. The van der Waals surface area contributed by atoms with Crippen LogP contribution in [0.4, 0.5) is 0 Å². The van der Waals surface area contributed by atoms with E-state index in [1.54, 1.807) is 6.07 Å². The van der Waals surface area contributed by atoms with Crippen molar-refractivity contribution >= 4 is 17.7 Å². The van der Waals surface area contributed by atoms with Crippen LogP contribution in [0.1, 0.15) is 35.2 Å². The summed E-state index contributed by atoms with van der Waals surface area (Å²) in [6, 6.07) is 7.63. The zero-order valence-corrected chi connectivity index (χ0v) is 12.2. The van der Waals surface area contributed by atoms with Crippen LogP contribution in [0.2, 0.25) is 0 Å². The molecule has 0 aromatic heterocycles. The molecule has 2 rings (SSSR count). The van der Waals surface area contributed by atoms with E-state index < -0.39 is 0 Å². The molecule has 106 valence electrons. The number of thioether (sulfide) groups is 1. The maximum atomic E-state index is 12.3. The monoisotopic (exact) mass is 289 g/mol. The van der Waals surface area contributed by atoms with Crippen LogP contribution in [0, 0.1) is 11.8 Å². The summed E-state index contributed by atoms with van der Waals surface area (Å²) in [6.45, 7) is 0.0423. The highest BCUT2D eigenvalue weighted by atomic mass is 32.2. The number of aliphatic hydroxyl groups is 1. The zero-order valence-electron chi connectivity index (χ0n) is 11.4. The molecule has 4 heteroatoms. The zero-order chi connectivity index (χ0) is 14.2. The highest BCUT2D eigenvalue weighted by Gasteiger charge is 2.18. The summed E-state index contributed by atoms with van der Waals surface area (Å²) in [5.41, 5.74) is 1.34. The van der Waals surface area contributed by atoms with Gasteiger partial charge in [0.15, 0.2) is 0 Å². The van der Waals surface area contributed by atoms with Gasteiger partial charge in [0.1, 0.15) is 0 Å². The van der Waals surface area contributed by atoms with Crippen LogP contribution in [-0.4, -0.2) is 35.2 Å².